The van der Waals surface area contributed by atoms with Gasteiger partial charge in [0, 0.05) is 59.5 Å². The molecule has 1 atom stereocenters. The molecule has 1 amide bonds. The Hall–Kier alpha value is -2.26. The van der Waals surface area contributed by atoms with Crippen LogP contribution in [-0.2, 0) is 9.53 Å². The normalized spacial score (nSPS) is 22.7. The minimum Gasteiger partial charge on any atom is -0.381 e. The van der Waals surface area contributed by atoms with Crippen molar-refractivity contribution in [1.29, 1.82) is 0 Å². The van der Waals surface area contributed by atoms with Gasteiger partial charge in [-0.05, 0) is 12.8 Å². The van der Waals surface area contributed by atoms with Gasteiger partial charge in [-0.1, -0.05) is 0 Å². The number of H-pyrrole nitrogens is 1. The molecule has 0 bridgehead atoms. The first-order valence-electron chi connectivity index (χ1n) is 9.55. The van der Waals surface area contributed by atoms with Crippen molar-refractivity contribution >= 4 is 22.9 Å². The number of hydrogen-bond acceptors (Lipinski definition) is 7. The molecular formula is C18H27N7O2. The van der Waals surface area contributed by atoms with Crippen LogP contribution in [0.2, 0.25) is 0 Å². The number of ether oxygens (including phenoxy) is 1. The first-order valence-corrected chi connectivity index (χ1v) is 9.55. The van der Waals surface area contributed by atoms with Gasteiger partial charge in [-0.2, -0.15) is 0 Å². The maximum atomic E-state index is 12.9. The number of amides is 1. The van der Waals surface area contributed by atoms with E-state index in [4.69, 9.17) is 4.74 Å². The fourth-order valence-corrected chi connectivity index (χ4v) is 4.13. The summed E-state index contributed by atoms with van der Waals surface area (Å²) in [6, 6.07) is 0.480. The second-order valence-electron chi connectivity index (χ2n) is 7.51. The van der Waals surface area contributed by atoms with Gasteiger partial charge in [0.1, 0.15) is 11.8 Å². The fourth-order valence-electron chi connectivity index (χ4n) is 4.13. The lowest BCUT2D eigenvalue weighted by molar-refractivity contribution is -0.133. The third-order valence-corrected chi connectivity index (χ3v) is 5.55. The highest BCUT2D eigenvalue weighted by molar-refractivity contribution is 5.84. The maximum Gasteiger partial charge on any atom is 0.228 e. The van der Waals surface area contributed by atoms with Crippen LogP contribution in [0.25, 0.3) is 11.2 Å². The molecule has 4 rings (SSSR count). The Kier molecular flexibility index (Phi) is 5.22. The zero-order valence-electron chi connectivity index (χ0n) is 16.0. The van der Waals surface area contributed by atoms with E-state index in [0.29, 0.717) is 18.2 Å². The van der Waals surface area contributed by atoms with E-state index in [1.807, 2.05) is 14.1 Å². The number of rotatable bonds is 3. The van der Waals surface area contributed by atoms with Crippen LogP contribution >= 0.6 is 0 Å². The van der Waals surface area contributed by atoms with Crippen LogP contribution in [0.5, 0.6) is 0 Å². The molecule has 0 radical (unpaired) electrons. The van der Waals surface area contributed by atoms with Crippen molar-refractivity contribution in [3.05, 3.63) is 12.7 Å². The Balaban J connectivity index is 1.61. The molecule has 9 nitrogen and oxygen atoms in total. The topological polar surface area (TPSA) is 90.5 Å². The van der Waals surface area contributed by atoms with Crippen molar-refractivity contribution in [3.63, 3.8) is 0 Å². The van der Waals surface area contributed by atoms with E-state index in [0.717, 1.165) is 57.0 Å². The second kappa shape index (κ2) is 7.77. The fraction of sp³-hybridized carbons (Fsp3) is 0.667. The average Bonchev–Trinajstić information content (AvgIpc) is 3.07. The molecule has 146 valence electrons. The lowest BCUT2D eigenvalue weighted by Gasteiger charge is -2.34. The van der Waals surface area contributed by atoms with Crippen LogP contribution in [0.15, 0.2) is 12.7 Å². The van der Waals surface area contributed by atoms with Gasteiger partial charge in [-0.25, -0.2) is 15.0 Å². The van der Waals surface area contributed by atoms with E-state index in [1.165, 1.54) is 0 Å². The maximum absolute atomic E-state index is 12.9. The van der Waals surface area contributed by atoms with E-state index < -0.39 is 0 Å². The SMILES string of the molecule is CN(C)C(=O)C1CN(c2ncnc3nc[nH]c23)CCN(C2CCOCC2)C1. The van der Waals surface area contributed by atoms with Crippen molar-refractivity contribution in [3.8, 4) is 0 Å². The van der Waals surface area contributed by atoms with Crippen molar-refractivity contribution in [2.24, 2.45) is 5.92 Å². The lowest BCUT2D eigenvalue weighted by Crippen LogP contribution is -2.45. The quantitative estimate of drug-likeness (QED) is 0.831. The van der Waals surface area contributed by atoms with E-state index in [-0.39, 0.29) is 11.8 Å². The largest absolute Gasteiger partial charge is 0.381 e. The highest BCUT2D eigenvalue weighted by Gasteiger charge is 2.33. The number of fused-ring (bicyclic) bond motifs is 1. The molecule has 9 heteroatoms. The highest BCUT2D eigenvalue weighted by Crippen LogP contribution is 2.25. The van der Waals surface area contributed by atoms with E-state index in [1.54, 1.807) is 17.6 Å². The van der Waals surface area contributed by atoms with Crippen LogP contribution in [-0.4, -0.2) is 95.2 Å². The number of carbonyl (C=O) groups is 1. The Morgan fingerprint density at radius 3 is 2.78 bits per heavy atom. The standard InChI is InChI=1S/C18H27N7O2/c1-23(2)18(26)13-9-24(14-3-7-27-8-4-14)5-6-25(10-13)17-15-16(20-11-19-15)21-12-22-17/h11-14H,3-10H2,1-2H3,(H,19,20,21,22). The number of nitrogens with zero attached hydrogens (tertiary/aromatic N) is 6. The molecule has 2 saturated heterocycles. The van der Waals surface area contributed by atoms with Gasteiger partial charge in [0.25, 0.3) is 0 Å². The van der Waals surface area contributed by atoms with Crippen molar-refractivity contribution < 1.29 is 9.53 Å². The van der Waals surface area contributed by atoms with Crippen LogP contribution in [0, 0.1) is 5.92 Å². The van der Waals surface area contributed by atoms with Gasteiger partial charge in [-0.3, -0.25) is 9.69 Å². The molecule has 0 aromatic carbocycles. The summed E-state index contributed by atoms with van der Waals surface area (Å²) in [6.07, 6.45) is 5.24. The van der Waals surface area contributed by atoms with Crippen molar-refractivity contribution in [1.82, 2.24) is 29.7 Å². The third-order valence-electron chi connectivity index (χ3n) is 5.55. The first kappa shape index (κ1) is 18.1. The molecule has 4 heterocycles. The van der Waals surface area contributed by atoms with E-state index in [2.05, 4.69) is 29.7 Å². The molecule has 2 aliphatic rings. The van der Waals surface area contributed by atoms with Gasteiger partial charge in [0.2, 0.25) is 5.91 Å². The summed E-state index contributed by atoms with van der Waals surface area (Å²) in [5.74, 6) is 0.884. The highest BCUT2D eigenvalue weighted by atomic mass is 16.5. The zero-order chi connectivity index (χ0) is 18.8. The van der Waals surface area contributed by atoms with Crippen molar-refractivity contribution in [2.45, 2.75) is 18.9 Å². The summed E-state index contributed by atoms with van der Waals surface area (Å²) >= 11 is 0. The van der Waals surface area contributed by atoms with Crippen molar-refractivity contribution in [2.75, 3.05) is 58.4 Å². The molecule has 0 aliphatic carbocycles. The number of anilines is 1. The molecule has 1 unspecified atom stereocenters. The van der Waals surface area contributed by atoms with E-state index >= 15 is 0 Å². The molecule has 1 N–H and O–H groups in total. The molecule has 27 heavy (non-hydrogen) atoms. The third kappa shape index (κ3) is 3.74. The molecule has 0 spiro atoms. The molecule has 2 aliphatic heterocycles. The molecule has 2 fully saturated rings. The second-order valence-corrected chi connectivity index (χ2v) is 7.51. The number of nitrogens with one attached hydrogen (secondary N) is 1. The number of aromatic amines is 1. The Morgan fingerprint density at radius 2 is 2.00 bits per heavy atom. The Bertz CT molecular complexity index is 787. The molecule has 2 aromatic rings. The summed E-state index contributed by atoms with van der Waals surface area (Å²) in [7, 11) is 3.66. The van der Waals surface area contributed by atoms with Gasteiger partial charge in [0.05, 0.1) is 12.2 Å². The van der Waals surface area contributed by atoms with Gasteiger partial charge in [0.15, 0.2) is 11.5 Å². The minimum absolute atomic E-state index is 0.0988. The number of hydrogen-bond donors (Lipinski definition) is 1. The van der Waals surface area contributed by atoms with Gasteiger partial charge in [-0.15, -0.1) is 0 Å². The monoisotopic (exact) mass is 373 g/mol. The average molecular weight is 373 g/mol. The van der Waals surface area contributed by atoms with Gasteiger partial charge < -0.3 is 19.5 Å². The molecule has 2 aromatic heterocycles. The van der Waals surface area contributed by atoms with Gasteiger partial charge >= 0.3 is 0 Å². The summed E-state index contributed by atoms with van der Waals surface area (Å²) < 4.78 is 5.52. The predicted molar refractivity (Wildman–Crippen MR) is 101 cm³/mol. The summed E-state index contributed by atoms with van der Waals surface area (Å²) in [5, 5.41) is 0. The summed E-state index contributed by atoms with van der Waals surface area (Å²) in [5.41, 5.74) is 1.48. The summed E-state index contributed by atoms with van der Waals surface area (Å²) in [6.45, 7) is 4.74. The molecule has 0 saturated carbocycles. The summed E-state index contributed by atoms with van der Waals surface area (Å²) in [4.78, 5) is 35.3. The zero-order valence-corrected chi connectivity index (χ0v) is 16.0. The van der Waals surface area contributed by atoms with E-state index in [9.17, 15) is 4.79 Å². The number of carbonyl (C=O) groups excluding carboxylic acids is 1. The minimum atomic E-state index is -0.0988. The smallest absolute Gasteiger partial charge is 0.228 e. The van der Waals surface area contributed by atoms with Crippen LogP contribution in [0.3, 0.4) is 0 Å². The number of aromatic nitrogens is 4. The first-order chi connectivity index (χ1) is 13.1. The predicted octanol–water partition coefficient (Wildman–Crippen LogP) is 0.358. The number of imidazole rings is 1. The lowest BCUT2D eigenvalue weighted by atomic mass is 10.0. The Labute approximate surface area is 158 Å². The Morgan fingerprint density at radius 1 is 1.19 bits per heavy atom. The van der Waals surface area contributed by atoms with Crippen LogP contribution in [0.1, 0.15) is 12.8 Å². The molecular weight excluding hydrogens is 346 g/mol. The van der Waals surface area contributed by atoms with Crippen LogP contribution < -0.4 is 4.90 Å². The van der Waals surface area contributed by atoms with Crippen LogP contribution in [0.4, 0.5) is 5.82 Å².